The summed E-state index contributed by atoms with van der Waals surface area (Å²) in [5, 5.41) is 5.43. The van der Waals surface area contributed by atoms with Crippen molar-refractivity contribution in [3.05, 3.63) is 92.6 Å². The van der Waals surface area contributed by atoms with Gasteiger partial charge in [0.05, 0.1) is 23.8 Å². The number of rotatable bonds is 9. The average Bonchev–Trinajstić information content (AvgIpc) is 2.90. The molecular formula is C29H26F10N2O2. The number of hydrogen-bond donors (Lipinski definition) is 1. The predicted octanol–water partition coefficient (Wildman–Crippen LogP) is 9.67. The molecule has 0 amide bonds. The molecule has 4 nitrogen and oxygen atoms in total. The molecule has 0 saturated carbocycles. The molecule has 14 heteroatoms. The van der Waals surface area contributed by atoms with Crippen LogP contribution < -0.4 is 10.1 Å². The molecule has 1 N–H and O–H groups in total. The molecule has 43 heavy (non-hydrogen) atoms. The summed E-state index contributed by atoms with van der Waals surface area (Å²) >= 11 is 0. The van der Waals surface area contributed by atoms with Gasteiger partial charge in [-0.05, 0) is 71.5 Å². The molecule has 0 radical (unpaired) electrons. The van der Waals surface area contributed by atoms with Crippen LogP contribution in [0.1, 0.15) is 66.1 Å². The highest BCUT2D eigenvalue weighted by Gasteiger charge is 2.38. The van der Waals surface area contributed by atoms with Crippen molar-refractivity contribution in [3.8, 4) is 16.9 Å². The van der Waals surface area contributed by atoms with Crippen LogP contribution in [0.15, 0.2) is 53.7 Å². The number of nitrogens with zero attached hydrogens (tertiary/aromatic N) is 1. The van der Waals surface area contributed by atoms with Crippen LogP contribution in [0.4, 0.5) is 43.9 Å². The molecule has 3 aromatic rings. The van der Waals surface area contributed by atoms with Gasteiger partial charge in [0, 0.05) is 24.2 Å². The van der Waals surface area contributed by atoms with Crippen molar-refractivity contribution in [1.29, 1.82) is 0 Å². The van der Waals surface area contributed by atoms with Gasteiger partial charge in [-0.1, -0.05) is 25.1 Å². The highest BCUT2D eigenvalue weighted by Crippen LogP contribution is 2.41. The monoisotopic (exact) mass is 624 g/mol. The lowest BCUT2D eigenvalue weighted by Crippen LogP contribution is -2.31. The molecule has 234 valence electrons. The molecule has 3 aromatic carbocycles. The molecule has 0 saturated heterocycles. The predicted molar refractivity (Wildman–Crippen MR) is 139 cm³/mol. The van der Waals surface area contributed by atoms with E-state index < -0.39 is 65.2 Å². The molecule has 0 heterocycles. The first-order valence-electron chi connectivity index (χ1n) is 12.7. The van der Waals surface area contributed by atoms with E-state index in [2.05, 4.69) is 10.5 Å². The standard InChI is InChI=1S/C29H26F10N2O2/c1-14(2)22-11-23(25(43-4)12-24(22)30)21-6-5-18(27(31,32)33)9-17(21)13-40-15(3)26(41-42)16-7-19(28(34,35)36)10-20(8-16)29(37,38)39/h5-12,14-15,26,40H,13H2,1-4H3. The number of methoxy groups -OCH3 is 1. The molecule has 0 spiro atoms. The van der Waals surface area contributed by atoms with E-state index in [1.54, 1.807) is 13.8 Å². The van der Waals surface area contributed by atoms with Crippen LogP contribution in [-0.2, 0) is 25.1 Å². The second-order valence-corrected chi connectivity index (χ2v) is 10.2. The Kier molecular flexibility index (Phi) is 9.84. The second kappa shape index (κ2) is 12.5. The van der Waals surface area contributed by atoms with E-state index in [1.165, 1.54) is 20.1 Å². The number of ether oxygens (including phenoxy) is 1. The fourth-order valence-corrected chi connectivity index (χ4v) is 4.55. The first-order chi connectivity index (χ1) is 19.8. The van der Waals surface area contributed by atoms with Gasteiger partial charge in [-0.3, -0.25) is 0 Å². The summed E-state index contributed by atoms with van der Waals surface area (Å²) in [7, 11) is 1.24. The van der Waals surface area contributed by atoms with E-state index in [1.807, 2.05) is 0 Å². The van der Waals surface area contributed by atoms with Crippen molar-refractivity contribution in [2.45, 2.75) is 63.8 Å². The Morgan fingerprint density at radius 2 is 1.33 bits per heavy atom. The van der Waals surface area contributed by atoms with E-state index >= 15 is 0 Å². The van der Waals surface area contributed by atoms with Gasteiger partial charge in [0.15, 0.2) is 0 Å². The van der Waals surface area contributed by atoms with Crippen LogP contribution in [0.5, 0.6) is 5.75 Å². The third-order valence-electron chi connectivity index (χ3n) is 6.82. The normalized spacial score (nSPS) is 14.1. The zero-order valence-corrected chi connectivity index (χ0v) is 23.1. The number of alkyl halides is 9. The Hall–Kier alpha value is -3.68. The largest absolute Gasteiger partial charge is 0.496 e. The number of nitroso groups, excluding NO2 is 1. The van der Waals surface area contributed by atoms with E-state index in [0.29, 0.717) is 12.1 Å². The van der Waals surface area contributed by atoms with Crippen LogP contribution in [0.3, 0.4) is 0 Å². The SMILES string of the molecule is COc1cc(F)c(C(C)C)cc1-c1ccc(C(F)(F)F)cc1CNC(C)C(N=O)c1cc(C(F)(F)F)cc(C(F)(F)F)c1. The highest BCUT2D eigenvalue weighted by atomic mass is 19.4. The molecule has 2 unspecified atom stereocenters. The molecule has 0 aromatic heterocycles. The van der Waals surface area contributed by atoms with Crippen LogP contribution in [0.2, 0.25) is 0 Å². The summed E-state index contributed by atoms with van der Waals surface area (Å²) in [4.78, 5) is 11.7. The fraction of sp³-hybridized carbons (Fsp3) is 0.379. The van der Waals surface area contributed by atoms with Gasteiger partial charge in [-0.2, -0.15) is 44.4 Å². The van der Waals surface area contributed by atoms with Crippen molar-refractivity contribution in [2.24, 2.45) is 5.18 Å². The second-order valence-electron chi connectivity index (χ2n) is 10.2. The first-order valence-corrected chi connectivity index (χ1v) is 12.7. The van der Waals surface area contributed by atoms with Crippen LogP contribution in [-0.4, -0.2) is 13.2 Å². The van der Waals surface area contributed by atoms with E-state index in [4.69, 9.17) is 4.74 Å². The van der Waals surface area contributed by atoms with E-state index in [9.17, 15) is 48.8 Å². The Morgan fingerprint density at radius 3 is 1.79 bits per heavy atom. The summed E-state index contributed by atoms with van der Waals surface area (Å²) in [5.41, 5.74) is -4.40. The summed E-state index contributed by atoms with van der Waals surface area (Å²) in [6, 6.07) is 2.85. The molecule has 2 atom stereocenters. The Bertz CT molecular complexity index is 1430. The van der Waals surface area contributed by atoms with Crippen molar-refractivity contribution in [3.63, 3.8) is 0 Å². The molecular weight excluding hydrogens is 598 g/mol. The first kappa shape index (κ1) is 33.8. The minimum Gasteiger partial charge on any atom is -0.496 e. The number of benzene rings is 3. The van der Waals surface area contributed by atoms with Gasteiger partial charge in [0.25, 0.3) is 0 Å². The number of nitrogens with one attached hydrogen (secondary N) is 1. The topological polar surface area (TPSA) is 50.7 Å². The molecule has 0 aliphatic heterocycles. The third-order valence-corrected chi connectivity index (χ3v) is 6.82. The lowest BCUT2D eigenvalue weighted by Gasteiger charge is -2.23. The number of hydrogen-bond acceptors (Lipinski definition) is 4. The smallest absolute Gasteiger partial charge is 0.416 e. The maximum Gasteiger partial charge on any atom is 0.416 e. The summed E-state index contributed by atoms with van der Waals surface area (Å²) < 4.78 is 141. The molecule has 0 aliphatic carbocycles. The minimum atomic E-state index is -5.17. The van der Waals surface area contributed by atoms with Gasteiger partial charge in [-0.15, -0.1) is 0 Å². The third kappa shape index (κ3) is 7.84. The molecule has 0 bridgehead atoms. The van der Waals surface area contributed by atoms with Gasteiger partial charge in [0.2, 0.25) is 0 Å². The van der Waals surface area contributed by atoms with Gasteiger partial charge < -0.3 is 10.1 Å². The summed E-state index contributed by atoms with van der Waals surface area (Å²) in [6.45, 7) is 4.21. The lowest BCUT2D eigenvalue weighted by atomic mass is 9.91. The minimum absolute atomic E-state index is 0.00652. The molecule has 0 fully saturated rings. The molecule has 0 aliphatic rings. The Labute approximate surface area is 240 Å². The summed E-state index contributed by atoms with van der Waals surface area (Å²) in [6.07, 6.45) is -15.1. The highest BCUT2D eigenvalue weighted by molar-refractivity contribution is 5.75. The van der Waals surface area contributed by atoms with Crippen LogP contribution >= 0.6 is 0 Å². The maximum absolute atomic E-state index is 14.6. The quantitative estimate of drug-likeness (QED) is 0.191. The Morgan fingerprint density at radius 1 is 0.767 bits per heavy atom. The summed E-state index contributed by atoms with van der Waals surface area (Å²) in [5.74, 6) is -0.906. The Balaban J connectivity index is 2.08. The zero-order chi connectivity index (χ0) is 32.5. The van der Waals surface area contributed by atoms with Crippen molar-refractivity contribution in [2.75, 3.05) is 7.11 Å². The van der Waals surface area contributed by atoms with Crippen LogP contribution in [0.25, 0.3) is 11.1 Å². The maximum atomic E-state index is 14.6. The van der Waals surface area contributed by atoms with Crippen molar-refractivity contribution >= 4 is 0 Å². The van der Waals surface area contributed by atoms with Crippen molar-refractivity contribution in [1.82, 2.24) is 5.32 Å². The van der Waals surface area contributed by atoms with Crippen molar-refractivity contribution < 1.29 is 48.6 Å². The average molecular weight is 625 g/mol. The van der Waals surface area contributed by atoms with Gasteiger partial charge in [0.1, 0.15) is 17.6 Å². The van der Waals surface area contributed by atoms with Gasteiger partial charge in [-0.25, -0.2) is 4.39 Å². The zero-order valence-electron chi connectivity index (χ0n) is 23.1. The fourth-order valence-electron chi connectivity index (χ4n) is 4.55. The number of halogens is 10. The lowest BCUT2D eigenvalue weighted by molar-refractivity contribution is -0.143. The van der Waals surface area contributed by atoms with Gasteiger partial charge >= 0.3 is 18.5 Å². The van der Waals surface area contributed by atoms with E-state index in [-0.39, 0.29) is 40.0 Å². The van der Waals surface area contributed by atoms with E-state index in [0.717, 1.165) is 24.3 Å². The van der Waals surface area contributed by atoms with Crippen LogP contribution in [0, 0.1) is 10.7 Å². The molecule has 3 rings (SSSR count).